The SMILES string of the molecule is CNCC(C)c1ccc(COC2CCN(C)CC2)cc1. The number of benzene rings is 1. The fraction of sp³-hybridized carbons (Fsp3) is 0.647. The van der Waals surface area contributed by atoms with Gasteiger partial charge in [0.15, 0.2) is 0 Å². The van der Waals surface area contributed by atoms with Gasteiger partial charge < -0.3 is 15.0 Å². The van der Waals surface area contributed by atoms with Crippen molar-refractivity contribution in [1.82, 2.24) is 10.2 Å². The predicted octanol–water partition coefficient (Wildman–Crippen LogP) is 2.62. The van der Waals surface area contributed by atoms with Crippen molar-refractivity contribution in [2.75, 3.05) is 33.7 Å². The van der Waals surface area contributed by atoms with Crippen LogP contribution in [0.3, 0.4) is 0 Å². The van der Waals surface area contributed by atoms with Crippen LogP contribution in [-0.4, -0.2) is 44.7 Å². The number of nitrogens with zero attached hydrogens (tertiary/aromatic N) is 1. The van der Waals surface area contributed by atoms with Crippen LogP contribution in [0.25, 0.3) is 0 Å². The van der Waals surface area contributed by atoms with Crippen molar-refractivity contribution in [2.45, 2.75) is 38.4 Å². The van der Waals surface area contributed by atoms with Gasteiger partial charge in [-0.15, -0.1) is 0 Å². The van der Waals surface area contributed by atoms with Crippen molar-refractivity contribution in [1.29, 1.82) is 0 Å². The smallest absolute Gasteiger partial charge is 0.0720 e. The zero-order valence-electron chi connectivity index (χ0n) is 13.1. The zero-order chi connectivity index (χ0) is 14.4. The number of ether oxygens (including phenoxy) is 1. The van der Waals surface area contributed by atoms with Crippen molar-refractivity contribution in [3.8, 4) is 0 Å². The lowest BCUT2D eigenvalue weighted by molar-refractivity contribution is 0.00213. The minimum absolute atomic E-state index is 0.439. The largest absolute Gasteiger partial charge is 0.373 e. The standard InChI is InChI=1S/C17H28N2O/c1-14(12-18-2)16-6-4-15(5-7-16)13-20-17-8-10-19(3)11-9-17/h4-7,14,17-18H,8-13H2,1-3H3. The molecule has 1 aliphatic rings. The monoisotopic (exact) mass is 276 g/mol. The third-order valence-corrected chi connectivity index (χ3v) is 4.21. The highest BCUT2D eigenvalue weighted by atomic mass is 16.5. The Balaban J connectivity index is 1.79. The molecule has 1 N–H and O–H groups in total. The first-order chi connectivity index (χ1) is 9.69. The lowest BCUT2D eigenvalue weighted by atomic mass is 10.00. The molecule has 2 rings (SSSR count). The quantitative estimate of drug-likeness (QED) is 0.864. The van der Waals surface area contributed by atoms with Gasteiger partial charge in [0.1, 0.15) is 0 Å². The highest BCUT2D eigenvalue weighted by molar-refractivity contribution is 5.24. The molecule has 3 nitrogen and oxygen atoms in total. The first-order valence-electron chi connectivity index (χ1n) is 7.72. The molecule has 0 saturated carbocycles. The Morgan fingerprint density at radius 1 is 1.25 bits per heavy atom. The third kappa shape index (κ3) is 4.58. The number of piperidine rings is 1. The van der Waals surface area contributed by atoms with E-state index in [4.69, 9.17) is 4.74 Å². The second-order valence-electron chi connectivity index (χ2n) is 6.01. The summed E-state index contributed by atoms with van der Waals surface area (Å²) in [5.74, 6) is 0.559. The molecule has 1 aromatic carbocycles. The van der Waals surface area contributed by atoms with Gasteiger partial charge in [0.05, 0.1) is 12.7 Å². The molecule has 1 unspecified atom stereocenters. The van der Waals surface area contributed by atoms with Gasteiger partial charge in [-0.3, -0.25) is 0 Å². The van der Waals surface area contributed by atoms with E-state index in [1.807, 2.05) is 7.05 Å². The first kappa shape index (κ1) is 15.5. The molecule has 1 heterocycles. The summed E-state index contributed by atoms with van der Waals surface area (Å²) in [6.45, 7) is 6.33. The summed E-state index contributed by atoms with van der Waals surface area (Å²) in [6.07, 6.45) is 2.76. The van der Waals surface area contributed by atoms with Crippen LogP contribution in [0.4, 0.5) is 0 Å². The van der Waals surface area contributed by atoms with Crippen LogP contribution in [0.2, 0.25) is 0 Å². The second kappa shape index (κ2) is 7.77. The predicted molar refractivity (Wildman–Crippen MR) is 84.1 cm³/mol. The summed E-state index contributed by atoms with van der Waals surface area (Å²) in [6, 6.07) is 8.87. The van der Waals surface area contributed by atoms with E-state index in [0.29, 0.717) is 12.0 Å². The molecule has 0 aliphatic carbocycles. The number of hydrogen-bond donors (Lipinski definition) is 1. The molecule has 0 aromatic heterocycles. The van der Waals surface area contributed by atoms with E-state index >= 15 is 0 Å². The molecular weight excluding hydrogens is 248 g/mol. The summed E-state index contributed by atoms with van der Waals surface area (Å²) in [7, 11) is 4.18. The van der Waals surface area contributed by atoms with E-state index in [9.17, 15) is 0 Å². The average Bonchev–Trinajstić information content (AvgIpc) is 2.47. The summed E-state index contributed by atoms with van der Waals surface area (Å²) in [5, 5.41) is 3.22. The lowest BCUT2D eigenvalue weighted by Crippen LogP contribution is -2.34. The topological polar surface area (TPSA) is 24.5 Å². The third-order valence-electron chi connectivity index (χ3n) is 4.21. The molecule has 0 amide bonds. The van der Waals surface area contributed by atoms with Gasteiger partial charge in [-0.1, -0.05) is 31.2 Å². The molecule has 1 atom stereocenters. The van der Waals surface area contributed by atoms with Crippen molar-refractivity contribution in [3.05, 3.63) is 35.4 Å². The normalized spacial score (nSPS) is 19.1. The van der Waals surface area contributed by atoms with Gasteiger partial charge in [-0.2, -0.15) is 0 Å². The van der Waals surface area contributed by atoms with Crippen molar-refractivity contribution >= 4 is 0 Å². The minimum atomic E-state index is 0.439. The van der Waals surface area contributed by atoms with Crippen molar-refractivity contribution in [3.63, 3.8) is 0 Å². The van der Waals surface area contributed by atoms with Gasteiger partial charge in [0, 0.05) is 19.6 Å². The van der Waals surface area contributed by atoms with E-state index in [0.717, 1.165) is 39.1 Å². The van der Waals surface area contributed by atoms with Crippen molar-refractivity contribution in [2.24, 2.45) is 0 Å². The molecule has 0 bridgehead atoms. The zero-order valence-corrected chi connectivity index (χ0v) is 13.1. The minimum Gasteiger partial charge on any atom is -0.373 e. The number of nitrogens with one attached hydrogen (secondary N) is 1. The van der Waals surface area contributed by atoms with Crippen molar-refractivity contribution < 1.29 is 4.74 Å². The Bertz CT molecular complexity index is 382. The average molecular weight is 276 g/mol. The molecular formula is C17H28N2O. The first-order valence-corrected chi connectivity index (χ1v) is 7.72. The van der Waals surface area contributed by atoms with Crippen LogP contribution >= 0.6 is 0 Å². The fourth-order valence-electron chi connectivity index (χ4n) is 2.73. The number of hydrogen-bond acceptors (Lipinski definition) is 3. The van der Waals surface area contributed by atoms with Gasteiger partial charge in [0.2, 0.25) is 0 Å². The molecule has 20 heavy (non-hydrogen) atoms. The van der Waals surface area contributed by atoms with Gasteiger partial charge in [-0.25, -0.2) is 0 Å². The van der Waals surface area contributed by atoms with Gasteiger partial charge in [-0.05, 0) is 44.0 Å². The summed E-state index contributed by atoms with van der Waals surface area (Å²) in [5.41, 5.74) is 2.67. The number of likely N-dealkylation sites (N-methyl/N-ethyl adjacent to an activating group) is 1. The summed E-state index contributed by atoms with van der Waals surface area (Å²) < 4.78 is 6.03. The van der Waals surface area contributed by atoms with Crippen LogP contribution in [0, 0.1) is 0 Å². The maximum Gasteiger partial charge on any atom is 0.0720 e. The van der Waals surface area contributed by atoms with Crippen LogP contribution < -0.4 is 5.32 Å². The van der Waals surface area contributed by atoms with Gasteiger partial charge >= 0.3 is 0 Å². The Morgan fingerprint density at radius 2 is 1.90 bits per heavy atom. The Hall–Kier alpha value is -0.900. The number of likely N-dealkylation sites (tertiary alicyclic amines) is 1. The highest BCUT2D eigenvalue weighted by Gasteiger charge is 2.16. The maximum absolute atomic E-state index is 6.03. The second-order valence-corrected chi connectivity index (χ2v) is 6.01. The van der Waals surface area contributed by atoms with Gasteiger partial charge in [0.25, 0.3) is 0 Å². The molecule has 3 heteroatoms. The van der Waals surface area contributed by atoms with Crippen LogP contribution in [-0.2, 0) is 11.3 Å². The van der Waals surface area contributed by atoms with E-state index in [-0.39, 0.29) is 0 Å². The molecule has 1 saturated heterocycles. The molecule has 0 spiro atoms. The molecule has 1 aliphatic heterocycles. The summed E-state index contributed by atoms with van der Waals surface area (Å²) in [4.78, 5) is 2.37. The molecule has 112 valence electrons. The number of rotatable bonds is 6. The Labute approximate surface area is 123 Å². The van der Waals surface area contributed by atoms with Crippen LogP contribution in [0.1, 0.15) is 36.8 Å². The Kier molecular flexibility index (Phi) is 6.02. The Morgan fingerprint density at radius 3 is 2.50 bits per heavy atom. The fourth-order valence-corrected chi connectivity index (χ4v) is 2.73. The van der Waals surface area contributed by atoms with E-state index < -0.39 is 0 Å². The van der Waals surface area contributed by atoms with E-state index in [1.165, 1.54) is 11.1 Å². The van der Waals surface area contributed by atoms with E-state index in [1.54, 1.807) is 0 Å². The molecule has 1 aromatic rings. The van der Waals surface area contributed by atoms with E-state index in [2.05, 4.69) is 48.5 Å². The lowest BCUT2D eigenvalue weighted by Gasteiger charge is -2.28. The molecule has 1 fully saturated rings. The molecule has 0 radical (unpaired) electrons. The summed E-state index contributed by atoms with van der Waals surface area (Å²) >= 11 is 0. The maximum atomic E-state index is 6.03. The highest BCUT2D eigenvalue weighted by Crippen LogP contribution is 2.17. The van der Waals surface area contributed by atoms with Crippen LogP contribution in [0.15, 0.2) is 24.3 Å². The van der Waals surface area contributed by atoms with Crippen LogP contribution in [0.5, 0.6) is 0 Å².